The Kier molecular flexibility index (Phi) is 3.28. The van der Waals surface area contributed by atoms with Crippen LogP contribution < -0.4 is 0 Å². The highest BCUT2D eigenvalue weighted by molar-refractivity contribution is 7.86. The van der Waals surface area contributed by atoms with Gasteiger partial charge in [0, 0.05) is 5.92 Å². The fourth-order valence-electron chi connectivity index (χ4n) is 0.832. The van der Waals surface area contributed by atoms with Gasteiger partial charge in [0.15, 0.2) is 0 Å². The summed E-state index contributed by atoms with van der Waals surface area (Å²) in [4.78, 5) is 0. The molecular formula is C7H16O4S. The maximum Gasteiger partial charge on any atom is 0.267 e. The Labute approximate surface area is 73.4 Å². The first-order valence-electron chi connectivity index (χ1n) is 3.75. The van der Waals surface area contributed by atoms with Gasteiger partial charge in [-0.05, 0) is 20.8 Å². The predicted octanol–water partition coefficient (Wildman–Crippen LogP) is 0.670. The summed E-state index contributed by atoms with van der Waals surface area (Å²) in [6, 6.07) is 0. The van der Waals surface area contributed by atoms with E-state index in [4.69, 9.17) is 4.55 Å². The van der Waals surface area contributed by atoms with Crippen LogP contribution in [-0.4, -0.2) is 28.9 Å². The minimum atomic E-state index is -4.05. The van der Waals surface area contributed by atoms with Gasteiger partial charge in [-0.15, -0.1) is 0 Å². The van der Waals surface area contributed by atoms with Gasteiger partial charge in [-0.2, -0.15) is 8.42 Å². The van der Waals surface area contributed by atoms with Crippen molar-refractivity contribution in [3.63, 3.8) is 0 Å². The summed E-state index contributed by atoms with van der Waals surface area (Å²) in [6.07, 6.45) is 0. The van der Waals surface area contributed by atoms with Crippen LogP contribution in [0.15, 0.2) is 0 Å². The highest BCUT2D eigenvalue weighted by atomic mass is 32.2. The van der Waals surface area contributed by atoms with Crippen molar-refractivity contribution in [3.05, 3.63) is 0 Å². The molecule has 0 radical (unpaired) electrons. The Hall–Kier alpha value is -0.130. The van der Waals surface area contributed by atoms with Crippen LogP contribution in [0.1, 0.15) is 27.7 Å². The van der Waals surface area contributed by atoms with Gasteiger partial charge >= 0.3 is 0 Å². The zero-order chi connectivity index (χ0) is 10.2. The van der Waals surface area contributed by atoms with Crippen LogP contribution in [0.2, 0.25) is 0 Å². The minimum Gasteiger partial charge on any atom is -0.390 e. The molecule has 5 heteroatoms. The van der Waals surface area contributed by atoms with Gasteiger partial charge in [0.25, 0.3) is 10.1 Å². The molecule has 0 saturated heterocycles. The highest BCUT2D eigenvalue weighted by Crippen LogP contribution is 2.23. The molecule has 0 aromatic rings. The summed E-state index contributed by atoms with van der Waals surface area (Å²) in [6.45, 7) is 5.98. The molecule has 0 heterocycles. The SMILES string of the molecule is CC(C(C)S(=O)(=O)O)C(C)(C)O. The van der Waals surface area contributed by atoms with Crippen molar-refractivity contribution in [1.29, 1.82) is 0 Å². The normalized spacial score (nSPS) is 18.8. The Morgan fingerprint density at radius 3 is 1.67 bits per heavy atom. The van der Waals surface area contributed by atoms with E-state index in [1.807, 2.05) is 0 Å². The van der Waals surface area contributed by atoms with Crippen LogP contribution in [-0.2, 0) is 10.1 Å². The summed E-state index contributed by atoms with van der Waals surface area (Å²) in [5, 5.41) is 8.50. The van der Waals surface area contributed by atoms with E-state index in [1.165, 1.54) is 20.8 Å². The maximum absolute atomic E-state index is 10.7. The molecule has 0 amide bonds. The molecule has 0 rings (SSSR count). The van der Waals surface area contributed by atoms with E-state index in [-0.39, 0.29) is 0 Å². The van der Waals surface area contributed by atoms with Crippen molar-refractivity contribution in [3.8, 4) is 0 Å². The Bertz CT molecular complexity index is 237. The van der Waals surface area contributed by atoms with Crippen molar-refractivity contribution in [1.82, 2.24) is 0 Å². The number of aliphatic hydroxyl groups is 1. The van der Waals surface area contributed by atoms with Crippen LogP contribution in [0, 0.1) is 5.92 Å². The summed E-state index contributed by atoms with van der Waals surface area (Å²) >= 11 is 0. The van der Waals surface area contributed by atoms with Crippen molar-refractivity contribution in [2.24, 2.45) is 5.92 Å². The summed E-state index contributed by atoms with van der Waals surface area (Å²) in [5.41, 5.74) is -1.10. The molecule has 0 aromatic heterocycles. The van der Waals surface area contributed by atoms with Crippen LogP contribution >= 0.6 is 0 Å². The van der Waals surface area contributed by atoms with E-state index in [0.29, 0.717) is 0 Å². The third-order valence-corrected chi connectivity index (χ3v) is 3.64. The number of hydrogen-bond donors (Lipinski definition) is 2. The minimum absolute atomic E-state index is 0.507. The van der Waals surface area contributed by atoms with Gasteiger partial charge in [-0.3, -0.25) is 4.55 Å². The molecule has 0 aliphatic heterocycles. The first-order valence-corrected chi connectivity index (χ1v) is 5.26. The summed E-state index contributed by atoms with van der Waals surface area (Å²) in [5.74, 6) is -0.507. The van der Waals surface area contributed by atoms with Gasteiger partial charge in [-0.1, -0.05) is 6.92 Å². The summed E-state index contributed by atoms with van der Waals surface area (Å²) in [7, 11) is -4.05. The molecular weight excluding hydrogens is 180 g/mol. The summed E-state index contributed by atoms with van der Waals surface area (Å²) < 4.78 is 30.0. The average Bonchev–Trinajstić information content (AvgIpc) is 1.80. The molecule has 2 unspecified atom stereocenters. The standard InChI is InChI=1S/C7H16O4S/c1-5(7(3,4)8)6(2)12(9,10)11/h5-6,8H,1-4H3,(H,9,10,11). The van der Waals surface area contributed by atoms with Gasteiger partial charge in [0.2, 0.25) is 0 Å². The Balaban J connectivity index is 4.64. The van der Waals surface area contributed by atoms with Crippen molar-refractivity contribution in [2.75, 3.05) is 0 Å². The van der Waals surface area contributed by atoms with Crippen LogP contribution in [0.3, 0.4) is 0 Å². The van der Waals surface area contributed by atoms with Crippen LogP contribution in [0.25, 0.3) is 0 Å². The Morgan fingerprint density at radius 1 is 1.25 bits per heavy atom. The molecule has 0 bridgehead atoms. The van der Waals surface area contributed by atoms with Crippen molar-refractivity contribution < 1.29 is 18.1 Å². The average molecular weight is 196 g/mol. The zero-order valence-corrected chi connectivity index (χ0v) is 8.59. The van der Waals surface area contributed by atoms with Crippen molar-refractivity contribution >= 4 is 10.1 Å². The molecule has 0 aromatic carbocycles. The fourth-order valence-corrected chi connectivity index (χ4v) is 1.68. The largest absolute Gasteiger partial charge is 0.390 e. The lowest BCUT2D eigenvalue weighted by molar-refractivity contribution is 0.0239. The monoisotopic (exact) mass is 196 g/mol. The van der Waals surface area contributed by atoms with Gasteiger partial charge < -0.3 is 5.11 Å². The molecule has 0 fully saturated rings. The lowest BCUT2D eigenvalue weighted by atomic mass is 9.90. The first kappa shape index (κ1) is 11.9. The quantitative estimate of drug-likeness (QED) is 0.650. The molecule has 12 heavy (non-hydrogen) atoms. The van der Waals surface area contributed by atoms with Crippen LogP contribution in [0.5, 0.6) is 0 Å². The topological polar surface area (TPSA) is 74.6 Å². The maximum atomic E-state index is 10.7. The molecule has 2 atom stereocenters. The Morgan fingerprint density at radius 2 is 1.58 bits per heavy atom. The first-order chi connectivity index (χ1) is 5.07. The van der Waals surface area contributed by atoms with E-state index in [9.17, 15) is 13.5 Å². The zero-order valence-electron chi connectivity index (χ0n) is 7.77. The highest BCUT2D eigenvalue weighted by Gasteiger charge is 2.34. The number of rotatable bonds is 3. The van der Waals surface area contributed by atoms with E-state index >= 15 is 0 Å². The van der Waals surface area contributed by atoms with E-state index < -0.39 is 26.9 Å². The molecule has 74 valence electrons. The lowest BCUT2D eigenvalue weighted by Gasteiger charge is -2.29. The molecule has 0 aliphatic rings. The molecule has 0 aliphatic carbocycles. The molecule has 0 saturated carbocycles. The smallest absolute Gasteiger partial charge is 0.267 e. The van der Waals surface area contributed by atoms with Crippen molar-refractivity contribution in [2.45, 2.75) is 38.5 Å². The van der Waals surface area contributed by atoms with Crippen LogP contribution in [0.4, 0.5) is 0 Å². The second kappa shape index (κ2) is 3.32. The predicted molar refractivity (Wildman–Crippen MR) is 46.5 cm³/mol. The second-order valence-corrected chi connectivity index (χ2v) is 5.44. The van der Waals surface area contributed by atoms with E-state index in [0.717, 1.165) is 0 Å². The van der Waals surface area contributed by atoms with Gasteiger partial charge in [-0.25, -0.2) is 0 Å². The number of hydrogen-bond acceptors (Lipinski definition) is 3. The van der Waals surface area contributed by atoms with Gasteiger partial charge in [0.1, 0.15) is 0 Å². The van der Waals surface area contributed by atoms with E-state index in [1.54, 1.807) is 6.92 Å². The van der Waals surface area contributed by atoms with Gasteiger partial charge in [0.05, 0.1) is 10.9 Å². The third kappa shape index (κ3) is 3.08. The second-order valence-electron chi connectivity index (χ2n) is 3.66. The molecule has 2 N–H and O–H groups in total. The molecule has 4 nitrogen and oxygen atoms in total. The molecule has 0 spiro atoms. The fraction of sp³-hybridized carbons (Fsp3) is 1.00. The van der Waals surface area contributed by atoms with E-state index in [2.05, 4.69) is 0 Å². The third-order valence-electron chi connectivity index (χ3n) is 2.29. The lowest BCUT2D eigenvalue weighted by Crippen LogP contribution is -2.39.